The smallest absolute Gasteiger partial charge is 0.157 e. The second-order valence-electron chi connectivity index (χ2n) is 7.40. The van der Waals surface area contributed by atoms with Crippen LogP contribution in [0.2, 0.25) is 0 Å². The Morgan fingerprint density at radius 3 is 2.10 bits per heavy atom. The fourth-order valence-electron chi connectivity index (χ4n) is 3.01. The van der Waals surface area contributed by atoms with E-state index in [9.17, 15) is 0 Å². The summed E-state index contributed by atoms with van der Waals surface area (Å²) in [4.78, 5) is 8.38. The normalized spacial score (nSPS) is 10.6. The van der Waals surface area contributed by atoms with E-state index in [4.69, 9.17) is 0 Å². The Labute approximate surface area is 179 Å². The van der Waals surface area contributed by atoms with Crippen molar-refractivity contribution in [1.29, 1.82) is 0 Å². The minimum absolute atomic E-state index is 0.894. The van der Waals surface area contributed by atoms with Gasteiger partial charge >= 0.3 is 0 Å². The van der Waals surface area contributed by atoms with Gasteiger partial charge in [-0.3, -0.25) is 0 Å². The molecule has 0 radical (unpaired) electrons. The predicted octanol–water partition coefficient (Wildman–Crippen LogP) is 4.03. The Balaban J connectivity index is 0.000000112. The van der Waals surface area contributed by atoms with E-state index in [2.05, 4.69) is 44.3 Å². The highest BCUT2D eigenvalue weighted by Gasteiger charge is 1.98. The molecule has 0 atom stereocenters. The lowest BCUT2D eigenvalue weighted by molar-refractivity contribution is 0.928. The van der Waals surface area contributed by atoms with E-state index in [1.54, 1.807) is 21.4 Å². The SMILES string of the molecule is Cc1ccc2ccnn2c1.Cc1cnc2c(C)cnn2c1.Cc1cnc2ccnn2c1. The Morgan fingerprint density at radius 2 is 1.26 bits per heavy atom. The lowest BCUT2D eigenvalue weighted by Crippen LogP contribution is -1.90. The van der Waals surface area contributed by atoms with Crippen molar-refractivity contribution in [2.24, 2.45) is 0 Å². The maximum Gasteiger partial charge on any atom is 0.157 e. The van der Waals surface area contributed by atoms with Crippen molar-refractivity contribution in [3.8, 4) is 0 Å². The maximum absolute atomic E-state index is 4.24. The molecule has 8 nitrogen and oxygen atoms in total. The molecule has 0 unspecified atom stereocenters. The third-order valence-electron chi connectivity index (χ3n) is 4.58. The molecule has 0 aliphatic heterocycles. The molecule has 0 spiro atoms. The lowest BCUT2D eigenvalue weighted by atomic mass is 10.3. The summed E-state index contributed by atoms with van der Waals surface area (Å²) in [5.41, 5.74) is 7.57. The first-order chi connectivity index (χ1) is 15.0. The van der Waals surface area contributed by atoms with Gasteiger partial charge in [-0.25, -0.2) is 23.5 Å². The number of pyridine rings is 1. The number of aryl methyl sites for hydroxylation is 4. The molecule has 156 valence electrons. The van der Waals surface area contributed by atoms with Crippen molar-refractivity contribution in [3.63, 3.8) is 0 Å². The molecule has 0 saturated heterocycles. The van der Waals surface area contributed by atoms with Gasteiger partial charge in [0.05, 0.1) is 17.9 Å². The Morgan fingerprint density at radius 1 is 0.581 bits per heavy atom. The summed E-state index contributed by atoms with van der Waals surface area (Å²) in [5.74, 6) is 0. The summed E-state index contributed by atoms with van der Waals surface area (Å²) in [6, 6.07) is 8.00. The largest absolute Gasteiger partial charge is 0.241 e. The van der Waals surface area contributed by atoms with Crippen LogP contribution in [0.3, 0.4) is 0 Å². The molecular weight excluding hydrogens is 388 g/mol. The van der Waals surface area contributed by atoms with Gasteiger partial charge in [0, 0.05) is 48.8 Å². The minimum Gasteiger partial charge on any atom is -0.241 e. The number of rotatable bonds is 0. The molecule has 6 heterocycles. The predicted molar refractivity (Wildman–Crippen MR) is 120 cm³/mol. The van der Waals surface area contributed by atoms with Crippen molar-refractivity contribution >= 4 is 16.8 Å². The van der Waals surface area contributed by atoms with Crippen molar-refractivity contribution in [2.45, 2.75) is 27.7 Å². The van der Waals surface area contributed by atoms with Crippen LogP contribution in [0.4, 0.5) is 0 Å². The first kappa shape index (κ1) is 20.2. The third-order valence-corrected chi connectivity index (χ3v) is 4.58. The zero-order chi connectivity index (χ0) is 21.8. The van der Waals surface area contributed by atoms with E-state index in [1.165, 1.54) is 5.56 Å². The third kappa shape index (κ3) is 4.75. The van der Waals surface area contributed by atoms with Crippen LogP contribution in [0, 0.1) is 27.7 Å². The highest BCUT2D eigenvalue weighted by molar-refractivity contribution is 5.46. The van der Waals surface area contributed by atoms with Crippen molar-refractivity contribution in [2.75, 3.05) is 0 Å². The summed E-state index contributed by atoms with van der Waals surface area (Å²) >= 11 is 0. The average molecular weight is 413 g/mol. The van der Waals surface area contributed by atoms with Gasteiger partial charge < -0.3 is 0 Å². The standard InChI is InChI=1S/C8H9N3.C8H8N2.C7H7N3/c1-6-3-9-8-7(2)4-10-11(8)5-6;1-7-2-3-8-4-5-9-10(8)6-7;1-6-4-8-7-2-3-9-10(7)5-6/h3-5H,1-2H3;2-6H,1H3;2-5H,1H3. The van der Waals surface area contributed by atoms with Gasteiger partial charge in [0.25, 0.3) is 0 Å². The minimum atomic E-state index is 0.894. The fraction of sp³-hybridized carbons (Fsp3) is 0.174. The summed E-state index contributed by atoms with van der Waals surface area (Å²) in [5, 5.41) is 12.3. The van der Waals surface area contributed by atoms with E-state index in [0.29, 0.717) is 0 Å². The molecule has 0 aromatic carbocycles. The van der Waals surface area contributed by atoms with Crippen LogP contribution >= 0.6 is 0 Å². The molecular formula is C23H24N8. The van der Waals surface area contributed by atoms with Gasteiger partial charge in [0.1, 0.15) is 0 Å². The van der Waals surface area contributed by atoms with E-state index in [0.717, 1.165) is 33.5 Å². The maximum atomic E-state index is 4.24. The Bertz CT molecular complexity index is 1370. The number of nitrogens with zero attached hydrogens (tertiary/aromatic N) is 8. The molecule has 6 aromatic heterocycles. The molecule has 6 rings (SSSR count). The van der Waals surface area contributed by atoms with Gasteiger partial charge in [-0.2, -0.15) is 15.3 Å². The van der Waals surface area contributed by atoms with Crippen LogP contribution < -0.4 is 0 Å². The topological polar surface area (TPSA) is 77.7 Å². The van der Waals surface area contributed by atoms with Crippen LogP contribution in [0.5, 0.6) is 0 Å². The first-order valence-corrected chi connectivity index (χ1v) is 9.92. The highest BCUT2D eigenvalue weighted by atomic mass is 15.2. The number of fused-ring (bicyclic) bond motifs is 3. The highest BCUT2D eigenvalue weighted by Crippen LogP contribution is 2.06. The Hall–Kier alpha value is -4.07. The van der Waals surface area contributed by atoms with Crippen LogP contribution in [0.1, 0.15) is 22.3 Å². The van der Waals surface area contributed by atoms with Crippen LogP contribution in [-0.4, -0.2) is 38.8 Å². The second kappa shape index (κ2) is 8.74. The zero-order valence-corrected chi connectivity index (χ0v) is 18.0. The fourth-order valence-corrected chi connectivity index (χ4v) is 3.01. The first-order valence-electron chi connectivity index (χ1n) is 9.92. The monoisotopic (exact) mass is 412 g/mol. The number of aromatic nitrogens is 8. The van der Waals surface area contributed by atoms with Crippen molar-refractivity contribution in [3.05, 3.63) is 96.1 Å². The Kier molecular flexibility index (Phi) is 5.70. The molecule has 6 aromatic rings. The number of hydrogen-bond donors (Lipinski definition) is 0. The van der Waals surface area contributed by atoms with Gasteiger partial charge in [0.2, 0.25) is 0 Å². The summed E-state index contributed by atoms with van der Waals surface area (Å²) in [6.07, 6.45) is 15.0. The zero-order valence-electron chi connectivity index (χ0n) is 18.0. The molecule has 0 N–H and O–H groups in total. The molecule has 0 bridgehead atoms. The van der Waals surface area contributed by atoms with Gasteiger partial charge in [-0.15, -0.1) is 0 Å². The van der Waals surface area contributed by atoms with E-state index >= 15 is 0 Å². The summed E-state index contributed by atoms with van der Waals surface area (Å²) in [6.45, 7) is 8.06. The number of hydrogen-bond acceptors (Lipinski definition) is 5. The van der Waals surface area contributed by atoms with Gasteiger partial charge in [0.15, 0.2) is 11.3 Å². The summed E-state index contributed by atoms with van der Waals surface area (Å²) in [7, 11) is 0. The van der Waals surface area contributed by atoms with Crippen molar-refractivity contribution < 1.29 is 0 Å². The van der Waals surface area contributed by atoms with E-state index in [1.807, 2.05) is 74.6 Å². The molecule has 0 amide bonds. The van der Waals surface area contributed by atoms with E-state index in [-0.39, 0.29) is 0 Å². The molecule has 0 saturated carbocycles. The van der Waals surface area contributed by atoms with Gasteiger partial charge in [-0.1, -0.05) is 6.07 Å². The molecule has 0 aliphatic rings. The molecule has 31 heavy (non-hydrogen) atoms. The van der Waals surface area contributed by atoms with Crippen molar-refractivity contribution in [1.82, 2.24) is 38.8 Å². The lowest BCUT2D eigenvalue weighted by Gasteiger charge is -1.93. The van der Waals surface area contributed by atoms with Crippen LogP contribution in [0.25, 0.3) is 16.8 Å². The molecule has 0 fully saturated rings. The average Bonchev–Trinajstić information content (AvgIpc) is 3.48. The molecule has 0 aliphatic carbocycles. The van der Waals surface area contributed by atoms with Crippen LogP contribution in [0.15, 0.2) is 73.8 Å². The second-order valence-corrected chi connectivity index (χ2v) is 7.40. The van der Waals surface area contributed by atoms with Gasteiger partial charge in [-0.05, 0) is 56.5 Å². The quantitative estimate of drug-likeness (QED) is 0.376. The molecule has 8 heteroatoms. The van der Waals surface area contributed by atoms with Crippen LogP contribution in [-0.2, 0) is 0 Å². The van der Waals surface area contributed by atoms with E-state index < -0.39 is 0 Å². The summed E-state index contributed by atoms with van der Waals surface area (Å²) < 4.78 is 5.43.